The number of fused-ring (bicyclic) bond motifs is 1. The zero-order valence-electron chi connectivity index (χ0n) is 10.4. The number of ketones is 1. The van der Waals surface area contributed by atoms with Gasteiger partial charge in [-0.05, 0) is 38.8 Å². The third-order valence-electron chi connectivity index (χ3n) is 2.39. The highest BCUT2D eigenvalue weighted by molar-refractivity contribution is 9.13. The average Bonchev–Trinajstić information content (AvgIpc) is 2.61. The Balaban J connectivity index is 0.000000771. The van der Waals surface area contributed by atoms with Crippen molar-refractivity contribution in [2.75, 3.05) is 6.54 Å². The Morgan fingerprint density at radius 1 is 1.22 bits per heavy atom. The van der Waals surface area contributed by atoms with E-state index in [1.807, 2.05) is 13.8 Å². The van der Waals surface area contributed by atoms with E-state index in [0.29, 0.717) is 25.9 Å². The highest BCUT2D eigenvalue weighted by Crippen LogP contribution is 2.35. The second kappa shape index (κ2) is 6.33. The summed E-state index contributed by atoms with van der Waals surface area (Å²) in [5, 5.41) is 2.55. The summed E-state index contributed by atoms with van der Waals surface area (Å²) in [6.45, 7) is 5.81. The molecule has 0 aliphatic carbocycles. The summed E-state index contributed by atoms with van der Waals surface area (Å²) in [6, 6.07) is 0. The molecule has 1 aromatic rings. The van der Waals surface area contributed by atoms with Gasteiger partial charge in [0.25, 0.3) is 5.91 Å². The fourth-order valence-corrected chi connectivity index (χ4v) is 2.57. The van der Waals surface area contributed by atoms with Crippen LogP contribution in [-0.4, -0.2) is 23.2 Å². The van der Waals surface area contributed by atoms with Crippen LogP contribution in [0.3, 0.4) is 0 Å². The molecule has 0 bridgehead atoms. The molecule has 2 N–H and O–H groups in total. The Labute approximate surface area is 122 Å². The number of carbonyl (C=O) groups is 2. The van der Waals surface area contributed by atoms with Crippen molar-refractivity contribution in [3.8, 4) is 0 Å². The minimum atomic E-state index is -0.272. The second-order valence-corrected chi connectivity index (χ2v) is 4.90. The number of H-pyrrole nitrogens is 1. The van der Waals surface area contributed by atoms with Crippen LogP contribution >= 0.6 is 31.9 Å². The van der Waals surface area contributed by atoms with Gasteiger partial charge in [-0.2, -0.15) is 0 Å². The lowest BCUT2D eigenvalue weighted by Crippen LogP contribution is -2.26. The van der Waals surface area contributed by atoms with Crippen molar-refractivity contribution < 1.29 is 9.59 Å². The van der Waals surface area contributed by atoms with Gasteiger partial charge in [-0.3, -0.25) is 9.59 Å². The number of aromatic amines is 1. The summed E-state index contributed by atoms with van der Waals surface area (Å²) in [4.78, 5) is 26.4. The Morgan fingerprint density at radius 3 is 2.39 bits per heavy atom. The molecule has 0 saturated carbocycles. The monoisotopic (exact) mass is 376 g/mol. The van der Waals surface area contributed by atoms with Gasteiger partial charge in [0.1, 0.15) is 5.69 Å². The molecule has 1 aliphatic heterocycles. The third kappa shape index (κ3) is 2.59. The number of carbonyl (C=O) groups excluding carboxylic acids is 2. The number of Topliss-reactive ketones (excluding diaryl/α,β-unsaturated/α-hetero) is 1. The molecule has 0 aromatic carbocycles. The Hall–Kier alpha value is -0.880. The summed E-state index contributed by atoms with van der Waals surface area (Å²) in [5.74, 6) is -0.367. The van der Waals surface area contributed by atoms with Gasteiger partial charge in [0.2, 0.25) is 0 Å². The minimum Gasteiger partial charge on any atom is -0.344 e. The summed E-state index contributed by atoms with van der Waals surface area (Å²) in [6.07, 6.45) is 1.71. The molecule has 0 saturated heterocycles. The van der Waals surface area contributed by atoms with Crippen molar-refractivity contribution in [2.24, 2.45) is 0 Å². The molecule has 0 radical (unpaired) electrons. The second-order valence-electron chi connectivity index (χ2n) is 3.31. The smallest absolute Gasteiger partial charge is 0.268 e. The molecule has 0 fully saturated rings. The van der Waals surface area contributed by atoms with E-state index in [2.05, 4.69) is 42.2 Å². The van der Waals surface area contributed by atoms with Crippen LogP contribution in [0, 0.1) is 0 Å². The molecule has 2 heterocycles. The number of aromatic nitrogens is 1. The molecule has 98 valence electrons. The van der Waals surface area contributed by atoms with E-state index in [-0.39, 0.29) is 18.2 Å². The van der Waals surface area contributed by atoms with Crippen molar-refractivity contribution >= 4 is 49.1 Å². The quantitative estimate of drug-likeness (QED) is 0.681. The summed E-state index contributed by atoms with van der Waals surface area (Å²) < 4.78 is 1.35. The maximum absolute atomic E-state index is 11.8. The van der Waals surface area contributed by atoms with Crippen LogP contribution in [0.2, 0.25) is 0 Å². The average molecular weight is 378 g/mol. The van der Waals surface area contributed by atoms with E-state index < -0.39 is 0 Å². The van der Waals surface area contributed by atoms with E-state index in [0.717, 1.165) is 0 Å². The van der Waals surface area contributed by atoms with Crippen molar-refractivity contribution in [2.45, 2.75) is 20.8 Å². The molecule has 2 rings (SSSR count). The summed E-state index contributed by atoms with van der Waals surface area (Å²) in [7, 11) is 0. The molecule has 4 nitrogen and oxygen atoms in total. The van der Waals surface area contributed by atoms with Crippen molar-refractivity contribution in [1.29, 1.82) is 0 Å². The predicted octanol–water partition coefficient (Wildman–Crippen LogP) is 3.28. The van der Waals surface area contributed by atoms with Crippen LogP contribution in [0.4, 0.5) is 0 Å². The van der Waals surface area contributed by atoms with Crippen molar-refractivity contribution in [3.63, 3.8) is 0 Å². The van der Waals surface area contributed by atoms with Crippen LogP contribution < -0.4 is 5.32 Å². The van der Waals surface area contributed by atoms with E-state index in [1.54, 1.807) is 13.0 Å². The first-order valence-electron chi connectivity index (χ1n) is 5.61. The van der Waals surface area contributed by atoms with Gasteiger partial charge >= 0.3 is 0 Å². The first-order chi connectivity index (χ1) is 8.56. The van der Waals surface area contributed by atoms with Gasteiger partial charge in [-0.1, -0.05) is 19.9 Å². The van der Waals surface area contributed by atoms with Gasteiger partial charge in [0, 0.05) is 11.1 Å². The van der Waals surface area contributed by atoms with Crippen LogP contribution in [0.25, 0.3) is 5.57 Å². The summed E-state index contributed by atoms with van der Waals surface area (Å²) >= 11 is 6.64. The molecule has 1 amide bonds. The Bertz CT molecular complexity index is 518. The largest absolute Gasteiger partial charge is 0.344 e. The van der Waals surface area contributed by atoms with Crippen LogP contribution in [0.5, 0.6) is 0 Å². The zero-order valence-corrected chi connectivity index (χ0v) is 13.5. The highest BCUT2D eigenvalue weighted by atomic mass is 79.9. The van der Waals surface area contributed by atoms with Crippen LogP contribution in [-0.2, 0) is 4.79 Å². The maximum Gasteiger partial charge on any atom is 0.268 e. The van der Waals surface area contributed by atoms with E-state index in [9.17, 15) is 9.59 Å². The molecule has 1 aromatic heterocycles. The number of rotatable bonds is 0. The molecule has 0 atom stereocenters. The van der Waals surface area contributed by atoms with Gasteiger partial charge in [0.15, 0.2) is 5.78 Å². The number of allylic oxidation sites excluding steroid dienone is 1. The lowest BCUT2D eigenvalue weighted by molar-refractivity contribution is -0.112. The number of hydrogen-bond acceptors (Lipinski definition) is 2. The molecule has 18 heavy (non-hydrogen) atoms. The number of amides is 1. The van der Waals surface area contributed by atoms with Gasteiger partial charge < -0.3 is 10.3 Å². The van der Waals surface area contributed by atoms with E-state index in [1.165, 1.54) is 0 Å². The molecular formula is C12H14Br2N2O2. The minimum absolute atomic E-state index is 0.0328. The first kappa shape index (κ1) is 15.2. The molecule has 1 aliphatic rings. The normalized spacial score (nSPS) is 16.6. The van der Waals surface area contributed by atoms with Crippen molar-refractivity contribution in [3.05, 3.63) is 26.4 Å². The fraction of sp³-hybridized carbons (Fsp3) is 0.333. The van der Waals surface area contributed by atoms with E-state index in [4.69, 9.17) is 0 Å². The topological polar surface area (TPSA) is 62.0 Å². The number of halogens is 2. The number of hydrogen-bond donors (Lipinski definition) is 2. The zero-order chi connectivity index (χ0) is 13.9. The predicted molar refractivity (Wildman–Crippen MR) is 78.5 cm³/mol. The van der Waals surface area contributed by atoms with Gasteiger partial charge in [0.05, 0.1) is 15.6 Å². The highest BCUT2D eigenvalue weighted by Gasteiger charge is 2.28. The van der Waals surface area contributed by atoms with Gasteiger partial charge in [-0.25, -0.2) is 0 Å². The SMILES string of the molecule is C/C=C1\C(=O)CNC(=O)c2[nH]c(Br)c(Br)c21.CC. The fourth-order valence-electron chi connectivity index (χ4n) is 1.66. The van der Waals surface area contributed by atoms with E-state index >= 15 is 0 Å². The molecule has 0 unspecified atom stereocenters. The van der Waals surface area contributed by atoms with Gasteiger partial charge in [-0.15, -0.1) is 0 Å². The first-order valence-corrected chi connectivity index (χ1v) is 7.20. The standard InChI is InChI=1S/C10H8Br2N2O2.C2H6/c1-2-4-5(15)3-13-10(16)8-6(4)7(11)9(12)14-8;1-2/h2,14H,3H2,1H3,(H,13,16);1-2H3/b4-2+;. The molecule has 0 spiro atoms. The Kier molecular flexibility index (Phi) is 5.34. The lowest BCUT2D eigenvalue weighted by Gasteiger charge is -2.01. The summed E-state index contributed by atoms with van der Waals surface area (Å²) in [5.41, 5.74) is 1.56. The number of nitrogens with one attached hydrogen (secondary N) is 2. The Morgan fingerprint density at radius 2 is 1.83 bits per heavy atom. The van der Waals surface area contributed by atoms with Crippen molar-refractivity contribution in [1.82, 2.24) is 10.3 Å². The van der Waals surface area contributed by atoms with Crippen LogP contribution in [0.15, 0.2) is 15.2 Å². The maximum atomic E-state index is 11.8. The molecule has 6 heteroatoms. The third-order valence-corrected chi connectivity index (χ3v) is 4.31. The lowest BCUT2D eigenvalue weighted by atomic mass is 10.0. The molecular weight excluding hydrogens is 364 g/mol. The van der Waals surface area contributed by atoms with Crippen LogP contribution in [0.1, 0.15) is 36.8 Å².